The first kappa shape index (κ1) is 14.1. The smallest absolute Gasteiger partial charge is 0.209 e. The van der Waals surface area contributed by atoms with E-state index in [1.807, 2.05) is 66.2 Å². The number of rotatable bonds is 4. The van der Waals surface area contributed by atoms with E-state index < -0.39 is 0 Å². The predicted octanol–water partition coefficient (Wildman–Crippen LogP) is 3.78. The van der Waals surface area contributed by atoms with Crippen molar-refractivity contribution in [2.45, 2.75) is 13.5 Å². The van der Waals surface area contributed by atoms with Crippen LogP contribution in [0, 0.1) is 6.92 Å². The van der Waals surface area contributed by atoms with Crippen molar-refractivity contribution in [2.75, 3.05) is 0 Å². The van der Waals surface area contributed by atoms with Crippen molar-refractivity contribution >= 4 is 5.78 Å². The SMILES string of the molecule is Cc1ccc(C(=O)c2cccn2Cc2ccccc2O)cc1. The Balaban J connectivity index is 1.90. The molecule has 0 saturated carbocycles. The minimum atomic E-state index is -0.0135. The fourth-order valence-electron chi connectivity index (χ4n) is 2.44. The Kier molecular flexibility index (Phi) is 3.79. The van der Waals surface area contributed by atoms with Gasteiger partial charge in [-0.3, -0.25) is 4.79 Å². The molecular weight excluding hydrogens is 274 g/mol. The third-order valence-corrected chi connectivity index (χ3v) is 3.71. The van der Waals surface area contributed by atoms with E-state index in [2.05, 4.69) is 0 Å². The maximum Gasteiger partial charge on any atom is 0.209 e. The van der Waals surface area contributed by atoms with E-state index in [1.54, 1.807) is 12.1 Å². The van der Waals surface area contributed by atoms with Crippen LogP contribution in [0.4, 0.5) is 0 Å². The van der Waals surface area contributed by atoms with Crippen LogP contribution in [0.3, 0.4) is 0 Å². The monoisotopic (exact) mass is 291 g/mol. The Labute approximate surface area is 129 Å². The first-order valence-electron chi connectivity index (χ1n) is 7.18. The molecule has 3 rings (SSSR count). The third kappa shape index (κ3) is 2.79. The molecule has 0 fully saturated rings. The molecule has 0 saturated heterocycles. The number of aromatic nitrogens is 1. The fourth-order valence-corrected chi connectivity index (χ4v) is 2.44. The molecule has 22 heavy (non-hydrogen) atoms. The molecular formula is C19H17NO2. The van der Waals surface area contributed by atoms with Crippen molar-refractivity contribution in [3.05, 3.63) is 89.2 Å². The number of benzene rings is 2. The molecule has 2 aromatic carbocycles. The zero-order valence-corrected chi connectivity index (χ0v) is 12.4. The molecule has 0 spiro atoms. The van der Waals surface area contributed by atoms with E-state index in [0.29, 0.717) is 17.8 Å². The molecule has 0 aliphatic heterocycles. The maximum absolute atomic E-state index is 12.6. The third-order valence-electron chi connectivity index (χ3n) is 3.71. The van der Waals surface area contributed by atoms with Crippen LogP contribution in [-0.4, -0.2) is 15.5 Å². The van der Waals surface area contributed by atoms with Crippen LogP contribution in [0.25, 0.3) is 0 Å². The molecule has 1 heterocycles. The molecule has 0 unspecified atom stereocenters. The number of carbonyl (C=O) groups is 1. The van der Waals surface area contributed by atoms with Crippen LogP contribution < -0.4 is 0 Å². The van der Waals surface area contributed by atoms with Gasteiger partial charge in [0.1, 0.15) is 5.75 Å². The second-order valence-electron chi connectivity index (χ2n) is 5.35. The van der Waals surface area contributed by atoms with Crippen LogP contribution >= 0.6 is 0 Å². The standard InChI is InChI=1S/C19H17NO2/c1-14-8-10-15(11-9-14)19(22)17-6-4-12-20(17)13-16-5-2-3-7-18(16)21/h2-12,21H,13H2,1H3. The Morgan fingerprint density at radius 2 is 1.73 bits per heavy atom. The zero-order valence-electron chi connectivity index (χ0n) is 12.4. The van der Waals surface area contributed by atoms with Gasteiger partial charge in [0.05, 0.1) is 12.2 Å². The number of ketones is 1. The number of hydrogen-bond acceptors (Lipinski definition) is 2. The fraction of sp³-hybridized carbons (Fsp3) is 0.105. The number of phenols is 1. The van der Waals surface area contributed by atoms with Crippen molar-refractivity contribution in [1.82, 2.24) is 4.57 Å². The van der Waals surface area contributed by atoms with Crippen LogP contribution in [0.15, 0.2) is 66.9 Å². The van der Waals surface area contributed by atoms with E-state index in [-0.39, 0.29) is 11.5 Å². The minimum absolute atomic E-state index is 0.0135. The number of aryl methyl sites for hydroxylation is 1. The molecule has 0 bridgehead atoms. The Morgan fingerprint density at radius 3 is 2.45 bits per heavy atom. The van der Waals surface area contributed by atoms with Crippen LogP contribution in [0.5, 0.6) is 5.75 Å². The summed E-state index contributed by atoms with van der Waals surface area (Å²) in [5, 5.41) is 9.89. The molecule has 3 aromatic rings. The highest BCUT2D eigenvalue weighted by atomic mass is 16.3. The van der Waals surface area contributed by atoms with Crippen molar-refractivity contribution in [2.24, 2.45) is 0 Å². The van der Waals surface area contributed by atoms with E-state index >= 15 is 0 Å². The van der Waals surface area contributed by atoms with Gasteiger partial charge in [0, 0.05) is 17.3 Å². The largest absolute Gasteiger partial charge is 0.508 e. The number of aromatic hydroxyl groups is 1. The van der Waals surface area contributed by atoms with E-state index in [0.717, 1.165) is 11.1 Å². The van der Waals surface area contributed by atoms with Crippen LogP contribution in [-0.2, 0) is 6.54 Å². The average Bonchev–Trinajstić information content (AvgIpc) is 2.98. The number of nitrogens with zero attached hydrogens (tertiary/aromatic N) is 1. The number of phenolic OH excluding ortho intramolecular Hbond substituents is 1. The van der Waals surface area contributed by atoms with E-state index in [9.17, 15) is 9.90 Å². The lowest BCUT2D eigenvalue weighted by atomic mass is 10.1. The zero-order chi connectivity index (χ0) is 15.5. The Hall–Kier alpha value is -2.81. The summed E-state index contributed by atoms with van der Waals surface area (Å²) in [5.74, 6) is 0.227. The highest BCUT2D eigenvalue weighted by Gasteiger charge is 2.14. The second kappa shape index (κ2) is 5.90. The summed E-state index contributed by atoms with van der Waals surface area (Å²) >= 11 is 0. The Morgan fingerprint density at radius 1 is 1.00 bits per heavy atom. The summed E-state index contributed by atoms with van der Waals surface area (Å²) < 4.78 is 1.86. The van der Waals surface area contributed by atoms with Gasteiger partial charge in [-0.15, -0.1) is 0 Å². The van der Waals surface area contributed by atoms with Gasteiger partial charge in [0.2, 0.25) is 5.78 Å². The van der Waals surface area contributed by atoms with Gasteiger partial charge in [0.25, 0.3) is 0 Å². The summed E-state index contributed by atoms with van der Waals surface area (Å²) in [6.07, 6.45) is 1.86. The van der Waals surface area contributed by atoms with Gasteiger partial charge in [-0.2, -0.15) is 0 Å². The summed E-state index contributed by atoms with van der Waals surface area (Å²) in [6, 6.07) is 18.4. The average molecular weight is 291 g/mol. The van der Waals surface area contributed by atoms with Crippen LogP contribution in [0.2, 0.25) is 0 Å². The van der Waals surface area contributed by atoms with Crippen molar-refractivity contribution in [1.29, 1.82) is 0 Å². The van der Waals surface area contributed by atoms with Gasteiger partial charge >= 0.3 is 0 Å². The molecule has 1 N–H and O–H groups in total. The Bertz CT molecular complexity index is 800. The number of para-hydroxylation sites is 1. The summed E-state index contributed by atoms with van der Waals surface area (Å²) in [5.41, 5.74) is 3.20. The van der Waals surface area contributed by atoms with E-state index in [1.165, 1.54) is 0 Å². The molecule has 3 nitrogen and oxygen atoms in total. The second-order valence-corrected chi connectivity index (χ2v) is 5.35. The topological polar surface area (TPSA) is 42.2 Å². The minimum Gasteiger partial charge on any atom is -0.508 e. The summed E-state index contributed by atoms with van der Waals surface area (Å²) in [6.45, 7) is 2.46. The van der Waals surface area contributed by atoms with Gasteiger partial charge in [-0.25, -0.2) is 0 Å². The molecule has 0 atom stereocenters. The maximum atomic E-state index is 12.6. The highest BCUT2D eigenvalue weighted by molar-refractivity contribution is 6.08. The first-order valence-corrected chi connectivity index (χ1v) is 7.18. The number of carbonyl (C=O) groups excluding carboxylic acids is 1. The molecule has 110 valence electrons. The predicted molar refractivity (Wildman–Crippen MR) is 86.3 cm³/mol. The van der Waals surface area contributed by atoms with Gasteiger partial charge in [-0.05, 0) is 25.1 Å². The van der Waals surface area contributed by atoms with Gasteiger partial charge < -0.3 is 9.67 Å². The normalized spacial score (nSPS) is 10.6. The van der Waals surface area contributed by atoms with Crippen LogP contribution in [0.1, 0.15) is 27.2 Å². The molecule has 3 heteroatoms. The quantitative estimate of drug-likeness (QED) is 0.743. The lowest BCUT2D eigenvalue weighted by molar-refractivity contribution is 0.103. The molecule has 0 aliphatic carbocycles. The molecule has 1 aromatic heterocycles. The lowest BCUT2D eigenvalue weighted by Gasteiger charge is -2.10. The van der Waals surface area contributed by atoms with Crippen molar-refractivity contribution < 1.29 is 9.90 Å². The van der Waals surface area contributed by atoms with Crippen molar-refractivity contribution in [3.63, 3.8) is 0 Å². The first-order chi connectivity index (χ1) is 10.6. The van der Waals surface area contributed by atoms with E-state index in [4.69, 9.17) is 0 Å². The number of hydrogen-bond donors (Lipinski definition) is 1. The highest BCUT2D eigenvalue weighted by Crippen LogP contribution is 2.19. The van der Waals surface area contributed by atoms with Gasteiger partial charge in [0.15, 0.2) is 0 Å². The summed E-state index contributed by atoms with van der Waals surface area (Å²) in [4.78, 5) is 12.6. The lowest BCUT2D eigenvalue weighted by Crippen LogP contribution is -2.10. The summed E-state index contributed by atoms with van der Waals surface area (Å²) in [7, 11) is 0. The molecule has 0 radical (unpaired) electrons. The van der Waals surface area contributed by atoms with Crippen molar-refractivity contribution in [3.8, 4) is 5.75 Å². The molecule has 0 aliphatic rings. The molecule has 0 amide bonds. The van der Waals surface area contributed by atoms with Gasteiger partial charge in [-0.1, -0.05) is 48.0 Å².